The number of thioether (sulfide) groups is 1. The molecule has 1 spiro atoms. The van der Waals surface area contributed by atoms with Gasteiger partial charge in [-0.05, 0) is 50.7 Å². The zero-order valence-corrected chi connectivity index (χ0v) is 13.7. The number of nitrogens with zero attached hydrogens (tertiary/aromatic N) is 1. The van der Waals surface area contributed by atoms with Gasteiger partial charge in [0.15, 0.2) is 5.17 Å². The Labute approximate surface area is 131 Å². The second-order valence-electron chi connectivity index (χ2n) is 6.17. The number of para-hydroxylation sites is 2. The molecule has 3 rings (SSSR count). The molecule has 1 saturated carbocycles. The van der Waals surface area contributed by atoms with Gasteiger partial charge in [0.2, 0.25) is 0 Å². The summed E-state index contributed by atoms with van der Waals surface area (Å²) in [5.74, 6) is 2.90. The molecule has 21 heavy (non-hydrogen) atoms. The summed E-state index contributed by atoms with van der Waals surface area (Å²) in [7, 11) is 0. The van der Waals surface area contributed by atoms with E-state index in [9.17, 15) is 0 Å². The first-order valence-corrected chi connectivity index (χ1v) is 8.91. The Hall–Kier alpha value is -1.16. The van der Waals surface area contributed by atoms with Crippen LogP contribution in [0.4, 0.5) is 5.69 Å². The molecule has 0 unspecified atom stereocenters. The SMILES string of the molecule is CCOc1ccccc1NC1=NC2(CCC(C)CC2)CS1. The van der Waals surface area contributed by atoms with E-state index in [1.807, 2.05) is 36.9 Å². The van der Waals surface area contributed by atoms with Crippen LogP contribution in [-0.4, -0.2) is 23.1 Å². The number of amidine groups is 1. The van der Waals surface area contributed by atoms with Crippen molar-refractivity contribution < 1.29 is 4.74 Å². The van der Waals surface area contributed by atoms with Crippen LogP contribution in [0.25, 0.3) is 0 Å². The first kappa shape index (κ1) is 14.8. The quantitative estimate of drug-likeness (QED) is 0.889. The minimum atomic E-state index is 0.195. The predicted octanol–water partition coefficient (Wildman–Crippen LogP) is 4.55. The van der Waals surface area contributed by atoms with Crippen molar-refractivity contribution in [2.24, 2.45) is 10.9 Å². The number of aliphatic imine (C=N–C) groups is 1. The fourth-order valence-electron chi connectivity index (χ4n) is 3.07. The fraction of sp³-hybridized carbons (Fsp3) is 0.588. The molecule has 0 aromatic heterocycles. The molecule has 1 aromatic carbocycles. The van der Waals surface area contributed by atoms with Crippen LogP contribution in [0.15, 0.2) is 29.3 Å². The fourth-order valence-corrected chi connectivity index (χ4v) is 4.27. The molecule has 3 nitrogen and oxygen atoms in total. The van der Waals surface area contributed by atoms with E-state index >= 15 is 0 Å². The van der Waals surface area contributed by atoms with Gasteiger partial charge in [-0.3, -0.25) is 4.99 Å². The maximum absolute atomic E-state index is 5.67. The zero-order valence-electron chi connectivity index (χ0n) is 12.9. The van der Waals surface area contributed by atoms with E-state index in [0.717, 1.165) is 28.3 Å². The van der Waals surface area contributed by atoms with Gasteiger partial charge in [0, 0.05) is 5.75 Å². The third-order valence-corrected chi connectivity index (χ3v) is 5.60. The number of rotatable bonds is 3. The number of hydrogen-bond donors (Lipinski definition) is 1. The standard InChI is InChI=1S/C17H24N2OS/c1-3-20-15-7-5-4-6-14(15)18-16-19-17(12-21-16)10-8-13(2)9-11-17/h4-7,13H,3,8-12H2,1-2H3,(H,18,19). The molecular formula is C17H24N2OS. The van der Waals surface area contributed by atoms with Crippen LogP contribution in [0.1, 0.15) is 39.5 Å². The van der Waals surface area contributed by atoms with Crippen LogP contribution < -0.4 is 10.1 Å². The number of benzene rings is 1. The van der Waals surface area contributed by atoms with Crippen LogP contribution in [0, 0.1) is 5.92 Å². The molecule has 0 amide bonds. The first-order chi connectivity index (χ1) is 10.2. The monoisotopic (exact) mass is 304 g/mol. The molecule has 2 aliphatic rings. The van der Waals surface area contributed by atoms with Crippen molar-refractivity contribution in [2.45, 2.75) is 45.1 Å². The van der Waals surface area contributed by atoms with Gasteiger partial charge in [0.25, 0.3) is 0 Å². The number of hydrogen-bond acceptors (Lipinski definition) is 4. The maximum atomic E-state index is 5.67. The lowest BCUT2D eigenvalue weighted by atomic mass is 9.79. The van der Waals surface area contributed by atoms with Crippen LogP contribution in [0.2, 0.25) is 0 Å². The smallest absolute Gasteiger partial charge is 0.161 e. The first-order valence-electron chi connectivity index (χ1n) is 7.92. The van der Waals surface area contributed by atoms with Gasteiger partial charge in [0.1, 0.15) is 5.75 Å². The molecule has 0 saturated heterocycles. The molecular weight excluding hydrogens is 280 g/mol. The minimum absolute atomic E-state index is 0.195. The van der Waals surface area contributed by atoms with E-state index in [0.29, 0.717) is 6.61 Å². The highest BCUT2D eigenvalue weighted by molar-refractivity contribution is 8.14. The van der Waals surface area contributed by atoms with Crippen molar-refractivity contribution >= 4 is 22.6 Å². The van der Waals surface area contributed by atoms with Gasteiger partial charge in [0.05, 0.1) is 17.8 Å². The molecule has 1 aliphatic carbocycles. The molecule has 0 bridgehead atoms. The zero-order chi connectivity index (χ0) is 14.7. The number of anilines is 1. The van der Waals surface area contributed by atoms with E-state index in [1.54, 1.807) is 0 Å². The predicted molar refractivity (Wildman–Crippen MR) is 91.5 cm³/mol. The van der Waals surface area contributed by atoms with Gasteiger partial charge in [-0.25, -0.2) is 0 Å². The maximum Gasteiger partial charge on any atom is 0.161 e. The topological polar surface area (TPSA) is 33.6 Å². The Balaban J connectivity index is 1.71. The van der Waals surface area contributed by atoms with Crippen LogP contribution in [0.5, 0.6) is 5.75 Å². The van der Waals surface area contributed by atoms with Gasteiger partial charge >= 0.3 is 0 Å². The summed E-state index contributed by atoms with van der Waals surface area (Å²) in [6.07, 6.45) is 5.10. The third kappa shape index (κ3) is 3.37. The van der Waals surface area contributed by atoms with Crippen molar-refractivity contribution in [3.63, 3.8) is 0 Å². The second kappa shape index (κ2) is 6.30. The van der Waals surface area contributed by atoms with Crippen molar-refractivity contribution in [1.29, 1.82) is 0 Å². The van der Waals surface area contributed by atoms with Crippen molar-refractivity contribution in [1.82, 2.24) is 0 Å². The third-order valence-electron chi connectivity index (χ3n) is 4.45. The Morgan fingerprint density at radius 1 is 1.33 bits per heavy atom. The molecule has 114 valence electrons. The van der Waals surface area contributed by atoms with E-state index in [1.165, 1.54) is 25.7 Å². The van der Waals surface area contributed by atoms with E-state index < -0.39 is 0 Å². The summed E-state index contributed by atoms with van der Waals surface area (Å²) in [5, 5.41) is 4.52. The Morgan fingerprint density at radius 2 is 2.10 bits per heavy atom. The van der Waals surface area contributed by atoms with E-state index in [4.69, 9.17) is 9.73 Å². The molecule has 1 aliphatic heterocycles. The van der Waals surface area contributed by atoms with Crippen molar-refractivity contribution in [2.75, 3.05) is 17.7 Å². The van der Waals surface area contributed by atoms with Crippen LogP contribution in [-0.2, 0) is 0 Å². The molecule has 1 heterocycles. The highest BCUT2D eigenvalue weighted by Crippen LogP contribution is 2.42. The average Bonchev–Trinajstić information content (AvgIpc) is 2.88. The number of ether oxygens (including phenoxy) is 1. The van der Waals surface area contributed by atoms with Gasteiger partial charge in [-0.2, -0.15) is 0 Å². The molecule has 1 fully saturated rings. The average molecular weight is 304 g/mol. The van der Waals surface area contributed by atoms with Crippen LogP contribution >= 0.6 is 11.8 Å². The van der Waals surface area contributed by atoms with E-state index in [2.05, 4.69) is 18.3 Å². The highest BCUT2D eigenvalue weighted by Gasteiger charge is 2.38. The number of nitrogens with one attached hydrogen (secondary N) is 1. The molecule has 1 N–H and O–H groups in total. The summed E-state index contributed by atoms with van der Waals surface area (Å²) in [6, 6.07) is 8.10. The molecule has 0 radical (unpaired) electrons. The summed E-state index contributed by atoms with van der Waals surface area (Å²) >= 11 is 1.85. The minimum Gasteiger partial charge on any atom is -0.492 e. The largest absolute Gasteiger partial charge is 0.492 e. The van der Waals surface area contributed by atoms with Crippen molar-refractivity contribution in [3.8, 4) is 5.75 Å². The van der Waals surface area contributed by atoms with E-state index in [-0.39, 0.29) is 5.54 Å². The second-order valence-corrected chi connectivity index (χ2v) is 7.13. The van der Waals surface area contributed by atoms with Crippen LogP contribution in [0.3, 0.4) is 0 Å². The summed E-state index contributed by atoms with van der Waals surface area (Å²) in [6.45, 7) is 5.05. The molecule has 1 aromatic rings. The lowest BCUT2D eigenvalue weighted by molar-refractivity contribution is 0.273. The molecule has 0 atom stereocenters. The normalized spacial score (nSPS) is 28.5. The highest BCUT2D eigenvalue weighted by atomic mass is 32.2. The Morgan fingerprint density at radius 3 is 2.86 bits per heavy atom. The van der Waals surface area contributed by atoms with Gasteiger partial charge in [-0.1, -0.05) is 30.8 Å². The molecule has 4 heteroatoms. The van der Waals surface area contributed by atoms with Gasteiger partial charge in [-0.15, -0.1) is 0 Å². The summed E-state index contributed by atoms with van der Waals surface area (Å²) < 4.78 is 5.67. The summed E-state index contributed by atoms with van der Waals surface area (Å²) in [5.41, 5.74) is 1.21. The lowest BCUT2D eigenvalue weighted by Gasteiger charge is -2.32. The Kier molecular flexibility index (Phi) is 4.43. The Bertz CT molecular complexity index is 521. The van der Waals surface area contributed by atoms with Gasteiger partial charge < -0.3 is 10.1 Å². The summed E-state index contributed by atoms with van der Waals surface area (Å²) in [4.78, 5) is 5.02. The lowest BCUT2D eigenvalue weighted by Crippen LogP contribution is -2.32. The van der Waals surface area contributed by atoms with Crippen molar-refractivity contribution in [3.05, 3.63) is 24.3 Å².